The van der Waals surface area contributed by atoms with Gasteiger partial charge in [-0.1, -0.05) is 0 Å². The Kier molecular flexibility index (Phi) is 4.75. The summed E-state index contributed by atoms with van der Waals surface area (Å²) in [5.74, 6) is -0.209. The van der Waals surface area contributed by atoms with Crippen LogP contribution in [-0.2, 0) is 9.53 Å². The fourth-order valence-electron chi connectivity index (χ4n) is 1.46. The van der Waals surface area contributed by atoms with E-state index in [1.54, 1.807) is 0 Å². The topological polar surface area (TPSA) is 46.5 Å². The second kappa shape index (κ2) is 5.61. The second-order valence-electron chi connectivity index (χ2n) is 3.41. The summed E-state index contributed by atoms with van der Waals surface area (Å²) in [5, 5.41) is 9.65. The van der Waals surface area contributed by atoms with E-state index in [2.05, 4.69) is 12.4 Å². The van der Waals surface area contributed by atoms with Gasteiger partial charge in [0.05, 0.1) is 0 Å². The average molecular weight is 298 g/mol. The summed E-state index contributed by atoms with van der Waals surface area (Å²) in [7, 11) is 1.39. The van der Waals surface area contributed by atoms with Crippen LogP contribution < -0.4 is 0 Å². The Morgan fingerprint density at radius 3 is 3.00 bits per heavy atom. The van der Waals surface area contributed by atoms with Crippen molar-refractivity contribution < 1.29 is 14.6 Å². The summed E-state index contributed by atoms with van der Waals surface area (Å²) in [6.07, 6.45) is 3.13. The first-order valence-electron chi connectivity index (χ1n) is 4.81. The van der Waals surface area contributed by atoms with Gasteiger partial charge in [-0.25, -0.2) is 0 Å². The molecule has 14 heavy (non-hydrogen) atoms. The van der Waals surface area contributed by atoms with E-state index in [0.717, 1.165) is 12.0 Å². The standard InChI is InChI=1S/C7H8O2.C3H7O.In/c1-4-6(2)5-7(8)9-3;1-2-3-4;/h1-2,4H,5H2,3H3;3-4H,2H2,1H3;. The Morgan fingerprint density at radius 1 is 1.71 bits per heavy atom. The van der Waals surface area contributed by atoms with E-state index in [4.69, 9.17) is 0 Å². The number of ether oxygens (including phenoxy) is 1. The summed E-state index contributed by atoms with van der Waals surface area (Å²) in [4.78, 5) is 11.0. The van der Waals surface area contributed by atoms with Crippen molar-refractivity contribution in [2.45, 2.75) is 23.6 Å². The van der Waals surface area contributed by atoms with Crippen LogP contribution in [0.3, 0.4) is 0 Å². The maximum atomic E-state index is 11.0. The van der Waals surface area contributed by atoms with Gasteiger partial charge in [-0.3, -0.25) is 0 Å². The molecule has 0 spiro atoms. The van der Waals surface area contributed by atoms with E-state index >= 15 is 0 Å². The Hall–Kier alpha value is -0.220. The molecule has 0 radical (unpaired) electrons. The van der Waals surface area contributed by atoms with Crippen molar-refractivity contribution in [1.82, 2.24) is 0 Å². The van der Waals surface area contributed by atoms with Crippen LogP contribution in [0.2, 0.25) is 0 Å². The van der Waals surface area contributed by atoms with Crippen LogP contribution in [0.1, 0.15) is 19.8 Å². The van der Waals surface area contributed by atoms with Gasteiger partial charge in [-0.15, -0.1) is 0 Å². The first kappa shape index (κ1) is 11.9. The maximum absolute atomic E-state index is 11.0. The molecular weight excluding hydrogens is 283 g/mol. The molecule has 0 saturated carbocycles. The van der Waals surface area contributed by atoms with Crippen molar-refractivity contribution in [3.63, 3.8) is 0 Å². The van der Waals surface area contributed by atoms with Crippen molar-refractivity contribution >= 4 is 27.4 Å². The van der Waals surface area contributed by atoms with Crippen molar-refractivity contribution in [2.24, 2.45) is 0 Å². The van der Waals surface area contributed by atoms with Crippen LogP contribution in [0.5, 0.6) is 0 Å². The molecule has 4 heteroatoms. The zero-order chi connectivity index (χ0) is 10.6. The predicted molar refractivity (Wildman–Crippen MR) is 55.9 cm³/mol. The van der Waals surface area contributed by atoms with Crippen molar-refractivity contribution in [3.05, 3.63) is 19.3 Å². The number of esters is 1. The van der Waals surface area contributed by atoms with Gasteiger partial charge in [0.15, 0.2) is 0 Å². The first-order chi connectivity index (χ1) is 6.67. The zero-order valence-corrected chi connectivity index (χ0v) is 11.9. The molecule has 1 N–H and O–H groups in total. The Bertz CT molecular complexity index is 271. The summed E-state index contributed by atoms with van der Waals surface area (Å²) < 4.78 is 8.71. The summed E-state index contributed by atoms with van der Waals surface area (Å²) in [6, 6.07) is 0. The van der Waals surface area contributed by atoms with Crippen molar-refractivity contribution in [2.75, 3.05) is 7.11 Å². The molecule has 1 unspecified atom stereocenters. The van der Waals surface area contributed by atoms with Gasteiger partial charge < -0.3 is 0 Å². The van der Waals surface area contributed by atoms with E-state index in [9.17, 15) is 9.90 Å². The molecule has 0 fully saturated rings. The van der Waals surface area contributed by atoms with Crippen LogP contribution in [0.15, 0.2) is 19.3 Å². The number of carbonyl (C=O) groups excluding carboxylic acids is 1. The number of hydrogen-bond acceptors (Lipinski definition) is 3. The van der Waals surface area contributed by atoms with Crippen molar-refractivity contribution in [3.8, 4) is 0 Å². The Labute approximate surface area is 92.0 Å². The van der Waals surface area contributed by atoms with Crippen molar-refractivity contribution in [1.29, 1.82) is 0 Å². The first-order valence-corrected chi connectivity index (χ1v) is 10.5. The molecule has 0 aromatic carbocycles. The van der Waals surface area contributed by atoms with Gasteiger partial charge in [0.1, 0.15) is 0 Å². The minimum atomic E-state index is -1.99. The molecule has 1 aliphatic heterocycles. The van der Waals surface area contributed by atoms with Crippen LogP contribution in [0.4, 0.5) is 0 Å². The third kappa shape index (κ3) is 3.17. The number of methoxy groups -OCH3 is 1. The molecule has 0 amide bonds. The molecule has 0 aromatic rings. The van der Waals surface area contributed by atoms with Crippen LogP contribution in [0.25, 0.3) is 0 Å². The molecule has 1 atom stereocenters. The SMILES string of the molecule is CC[CH](O)[In]1[CH]=CC(CC(=O)OC)=[CH]1. The number of carbonyl (C=O) groups is 1. The summed E-state index contributed by atoms with van der Waals surface area (Å²) in [6.45, 7) is 1.99. The number of aliphatic hydroxyl groups is 1. The monoisotopic (exact) mass is 298 g/mol. The fourth-order valence-corrected chi connectivity index (χ4v) is 8.10. The van der Waals surface area contributed by atoms with Gasteiger partial charge in [-0.05, 0) is 0 Å². The van der Waals surface area contributed by atoms with E-state index in [-0.39, 0.29) is 9.83 Å². The molecule has 1 rings (SSSR count). The van der Waals surface area contributed by atoms with E-state index < -0.39 is 21.4 Å². The molecule has 1 aliphatic rings. The average Bonchev–Trinajstić information content (AvgIpc) is 2.65. The number of allylic oxidation sites excluding steroid dienone is 1. The Balaban J connectivity index is 2.51. The molecule has 0 saturated heterocycles. The molecule has 0 aliphatic carbocycles. The van der Waals surface area contributed by atoms with Gasteiger partial charge in [0.25, 0.3) is 0 Å². The summed E-state index contributed by atoms with van der Waals surface area (Å²) in [5.41, 5.74) is 1.02. The van der Waals surface area contributed by atoms with Gasteiger partial charge in [0, 0.05) is 0 Å². The van der Waals surface area contributed by atoms with E-state index in [1.807, 2.05) is 13.0 Å². The number of aliphatic hydroxyl groups excluding tert-OH is 1. The zero-order valence-electron chi connectivity index (χ0n) is 8.56. The molecule has 76 valence electrons. The van der Waals surface area contributed by atoms with Gasteiger partial charge in [0.2, 0.25) is 0 Å². The third-order valence-electron chi connectivity index (χ3n) is 2.38. The third-order valence-corrected chi connectivity index (χ3v) is 10.4. The Morgan fingerprint density at radius 2 is 2.43 bits per heavy atom. The molecule has 0 aromatic heterocycles. The van der Waals surface area contributed by atoms with E-state index in [1.165, 1.54) is 7.11 Å². The molecular formula is C10H15InO3. The normalized spacial score (nSPS) is 16.8. The summed E-state index contributed by atoms with van der Waals surface area (Å²) >= 11 is -1.99. The van der Waals surface area contributed by atoms with Crippen LogP contribution >= 0.6 is 0 Å². The quantitative estimate of drug-likeness (QED) is 0.785. The fraction of sp³-hybridized carbons (Fsp3) is 0.500. The number of rotatable bonds is 4. The predicted octanol–water partition coefficient (Wildman–Crippen LogP) is 0.929. The van der Waals surface area contributed by atoms with Crippen LogP contribution in [0, 0.1) is 0 Å². The van der Waals surface area contributed by atoms with E-state index in [0.29, 0.717) is 6.42 Å². The van der Waals surface area contributed by atoms with Gasteiger partial charge >= 0.3 is 92.1 Å². The number of hydrogen-bond donors (Lipinski definition) is 1. The van der Waals surface area contributed by atoms with Gasteiger partial charge in [-0.2, -0.15) is 0 Å². The molecule has 3 nitrogen and oxygen atoms in total. The second-order valence-corrected chi connectivity index (χ2v) is 10.9. The minimum absolute atomic E-state index is 0.136. The van der Waals surface area contributed by atoms with Crippen LogP contribution in [-0.4, -0.2) is 43.5 Å². The molecule has 0 bridgehead atoms. The molecule has 1 heterocycles.